The molecule has 2 N–H and O–H groups in total. The summed E-state index contributed by atoms with van der Waals surface area (Å²) in [4.78, 5) is 25.6. The van der Waals surface area contributed by atoms with E-state index in [2.05, 4.69) is 48.7 Å². The molecular formula is C28H32N2O2. The van der Waals surface area contributed by atoms with Gasteiger partial charge in [-0.25, -0.2) is 0 Å². The predicted molar refractivity (Wildman–Crippen MR) is 129 cm³/mol. The lowest BCUT2D eigenvalue weighted by molar-refractivity contribution is -0.122. The van der Waals surface area contributed by atoms with Gasteiger partial charge in [-0.2, -0.15) is 0 Å². The minimum atomic E-state index is -0.412. The number of nitrogens with one attached hydrogen (secondary N) is 2. The van der Waals surface area contributed by atoms with E-state index in [-0.39, 0.29) is 24.3 Å². The van der Waals surface area contributed by atoms with E-state index in [0.717, 1.165) is 17.5 Å². The Kier molecular flexibility index (Phi) is 8.20. The molecule has 0 aliphatic heterocycles. The summed E-state index contributed by atoms with van der Waals surface area (Å²) in [5.41, 5.74) is 3.84. The first-order valence-corrected chi connectivity index (χ1v) is 11.2. The number of hydrogen-bond acceptors (Lipinski definition) is 2. The van der Waals surface area contributed by atoms with Gasteiger partial charge >= 0.3 is 0 Å². The average Bonchev–Trinajstić information content (AvgIpc) is 2.79. The Labute approximate surface area is 191 Å². The number of amides is 2. The van der Waals surface area contributed by atoms with Crippen molar-refractivity contribution in [1.82, 2.24) is 10.6 Å². The molecule has 0 heterocycles. The minimum absolute atomic E-state index is 0.106. The van der Waals surface area contributed by atoms with E-state index in [1.165, 1.54) is 5.56 Å². The standard InChI is InChI=1S/C28H32N2O2/c1-20(2)18-22-14-16-23(17-15-22)21(3)29-27(31)19-26(24-10-6-4-7-11-24)30-28(32)25-12-8-5-9-13-25/h4-17,20-21,26H,18-19H2,1-3H3,(H,29,31)(H,30,32)/t21-,26+/m1/s1. The molecule has 32 heavy (non-hydrogen) atoms. The van der Waals surface area contributed by atoms with Crippen molar-refractivity contribution in [2.24, 2.45) is 5.92 Å². The van der Waals surface area contributed by atoms with Gasteiger partial charge in [0.2, 0.25) is 5.91 Å². The average molecular weight is 429 g/mol. The lowest BCUT2D eigenvalue weighted by Crippen LogP contribution is -2.34. The summed E-state index contributed by atoms with van der Waals surface area (Å²) < 4.78 is 0. The fourth-order valence-corrected chi connectivity index (χ4v) is 3.75. The van der Waals surface area contributed by atoms with Crippen LogP contribution >= 0.6 is 0 Å². The molecule has 2 atom stereocenters. The largest absolute Gasteiger partial charge is 0.350 e. The van der Waals surface area contributed by atoms with Gasteiger partial charge in [-0.1, -0.05) is 86.6 Å². The summed E-state index contributed by atoms with van der Waals surface area (Å²) in [5, 5.41) is 6.10. The molecule has 4 heteroatoms. The highest BCUT2D eigenvalue weighted by atomic mass is 16.2. The van der Waals surface area contributed by atoms with Gasteiger partial charge in [0, 0.05) is 5.56 Å². The molecule has 2 amide bonds. The lowest BCUT2D eigenvalue weighted by Gasteiger charge is -2.21. The second kappa shape index (κ2) is 11.3. The van der Waals surface area contributed by atoms with E-state index < -0.39 is 6.04 Å². The van der Waals surface area contributed by atoms with Crippen molar-refractivity contribution in [3.63, 3.8) is 0 Å². The second-order valence-corrected chi connectivity index (χ2v) is 8.64. The molecule has 166 valence electrons. The van der Waals surface area contributed by atoms with Crippen LogP contribution in [0.25, 0.3) is 0 Å². The van der Waals surface area contributed by atoms with Crippen LogP contribution in [0.1, 0.15) is 66.3 Å². The number of carbonyl (C=O) groups is 2. The minimum Gasteiger partial charge on any atom is -0.350 e. The molecule has 0 saturated carbocycles. The highest BCUT2D eigenvalue weighted by molar-refractivity contribution is 5.94. The molecule has 0 saturated heterocycles. The molecule has 0 bridgehead atoms. The molecule has 3 aromatic rings. The number of benzene rings is 3. The van der Waals surface area contributed by atoms with Gasteiger partial charge in [-0.05, 0) is 48.1 Å². The van der Waals surface area contributed by atoms with E-state index in [1.807, 2.05) is 55.5 Å². The fraction of sp³-hybridized carbons (Fsp3) is 0.286. The summed E-state index contributed by atoms with van der Waals surface area (Å²) in [7, 11) is 0. The lowest BCUT2D eigenvalue weighted by atomic mass is 9.99. The number of carbonyl (C=O) groups excluding carboxylic acids is 2. The predicted octanol–water partition coefficient (Wildman–Crippen LogP) is 5.62. The highest BCUT2D eigenvalue weighted by Crippen LogP contribution is 2.20. The molecule has 3 rings (SSSR count). The Morgan fingerprint density at radius 1 is 0.719 bits per heavy atom. The van der Waals surface area contributed by atoms with Crippen molar-refractivity contribution >= 4 is 11.8 Å². The fourth-order valence-electron chi connectivity index (χ4n) is 3.75. The van der Waals surface area contributed by atoms with Crippen molar-refractivity contribution in [1.29, 1.82) is 0 Å². The Morgan fingerprint density at radius 2 is 1.31 bits per heavy atom. The zero-order valence-electron chi connectivity index (χ0n) is 19.0. The smallest absolute Gasteiger partial charge is 0.251 e. The Balaban J connectivity index is 1.66. The molecule has 0 radical (unpaired) electrons. The van der Waals surface area contributed by atoms with Crippen LogP contribution in [0.3, 0.4) is 0 Å². The molecule has 3 aromatic carbocycles. The van der Waals surface area contributed by atoms with Crippen LogP contribution in [0.2, 0.25) is 0 Å². The molecule has 0 aromatic heterocycles. The van der Waals surface area contributed by atoms with E-state index in [1.54, 1.807) is 12.1 Å². The number of rotatable bonds is 9. The summed E-state index contributed by atoms with van der Waals surface area (Å²) >= 11 is 0. The SMILES string of the molecule is CC(C)Cc1ccc([C@@H](C)NC(=O)C[C@H](NC(=O)c2ccccc2)c2ccccc2)cc1. The highest BCUT2D eigenvalue weighted by Gasteiger charge is 2.20. The van der Waals surface area contributed by atoms with Gasteiger partial charge in [-0.15, -0.1) is 0 Å². The first-order valence-electron chi connectivity index (χ1n) is 11.2. The third-order valence-corrected chi connectivity index (χ3v) is 5.43. The molecule has 0 aliphatic carbocycles. The first-order chi connectivity index (χ1) is 15.4. The third kappa shape index (κ3) is 6.81. The maximum Gasteiger partial charge on any atom is 0.251 e. The Morgan fingerprint density at radius 3 is 1.91 bits per heavy atom. The van der Waals surface area contributed by atoms with Gasteiger partial charge < -0.3 is 10.6 Å². The summed E-state index contributed by atoms with van der Waals surface area (Å²) in [5.74, 6) is 0.311. The van der Waals surface area contributed by atoms with Crippen LogP contribution in [0.5, 0.6) is 0 Å². The quantitative estimate of drug-likeness (QED) is 0.464. The van der Waals surface area contributed by atoms with Crippen LogP contribution in [-0.4, -0.2) is 11.8 Å². The van der Waals surface area contributed by atoms with E-state index in [0.29, 0.717) is 11.5 Å². The maximum absolute atomic E-state index is 12.9. The molecule has 0 fully saturated rings. The van der Waals surface area contributed by atoms with Crippen LogP contribution in [-0.2, 0) is 11.2 Å². The van der Waals surface area contributed by atoms with Crippen molar-refractivity contribution in [2.75, 3.05) is 0 Å². The molecule has 0 spiro atoms. The van der Waals surface area contributed by atoms with Crippen LogP contribution < -0.4 is 10.6 Å². The topological polar surface area (TPSA) is 58.2 Å². The molecule has 0 aliphatic rings. The van der Waals surface area contributed by atoms with Crippen molar-refractivity contribution < 1.29 is 9.59 Å². The zero-order valence-corrected chi connectivity index (χ0v) is 19.0. The van der Waals surface area contributed by atoms with Crippen LogP contribution in [0.15, 0.2) is 84.9 Å². The Hall–Kier alpha value is -3.40. The van der Waals surface area contributed by atoms with Crippen molar-refractivity contribution in [3.05, 3.63) is 107 Å². The van der Waals surface area contributed by atoms with Gasteiger partial charge in [0.05, 0.1) is 18.5 Å². The van der Waals surface area contributed by atoms with Crippen molar-refractivity contribution in [3.8, 4) is 0 Å². The van der Waals surface area contributed by atoms with Gasteiger partial charge in [0.1, 0.15) is 0 Å². The van der Waals surface area contributed by atoms with Crippen LogP contribution in [0, 0.1) is 5.92 Å². The van der Waals surface area contributed by atoms with Gasteiger partial charge in [0.25, 0.3) is 5.91 Å². The second-order valence-electron chi connectivity index (χ2n) is 8.64. The molecular weight excluding hydrogens is 396 g/mol. The normalized spacial score (nSPS) is 12.8. The summed E-state index contributed by atoms with van der Waals surface area (Å²) in [6, 6.07) is 26.6. The third-order valence-electron chi connectivity index (χ3n) is 5.43. The van der Waals surface area contributed by atoms with E-state index >= 15 is 0 Å². The van der Waals surface area contributed by atoms with E-state index in [9.17, 15) is 9.59 Å². The summed E-state index contributed by atoms with van der Waals surface area (Å²) in [6.45, 7) is 6.39. The van der Waals surface area contributed by atoms with E-state index in [4.69, 9.17) is 0 Å². The van der Waals surface area contributed by atoms with Crippen LogP contribution in [0.4, 0.5) is 0 Å². The monoisotopic (exact) mass is 428 g/mol. The summed E-state index contributed by atoms with van der Waals surface area (Å²) in [6.07, 6.45) is 1.21. The first kappa shape index (κ1) is 23.3. The maximum atomic E-state index is 12.9. The molecule has 0 unspecified atom stereocenters. The number of hydrogen-bond donors (Lipinski definition) is 2. The van der Waals surface area contributed by atoms with Gasteiger partial charge in [-0.3, -0.25) is 9.59 Å². The van der Waals surface area contributed by atoms with Crippen molar-refractivity contribution in [2.45, 2.75) is 45.7 Å². The van der Waals surface area contributed by atoms with Gasteiger partial charge in [0.15, 0.2) is 0 Å². The Bertz CT molecular complexity index is 999. The zero-order chi connectivity index (χ0) is 22.9. The molecule has 4 nitrogen and oxygen atoms in total.